The van der Waals surface area contributed by atoms with Crippen molar-refractivity contribution < 1.29 is 19.1 Å². The minimum atomic E-state index is -0.533. The van der Waals surface area contributed by atoms with Gasteiger partial charge in [0, 0.05) is 10.7 Å². The van der Waals surface area contributed by atoms with Crippen molar-refractivity contribution in [1.29, 1.82) is 5.26 Å². The maximum atomic E-state index is 12.4. The lowest BCUT2D eigenvalue weighted by atomic mass is 10.1. The second-order valence-electron chi connectivity index (χ2n) is 6.43. The quantitative estimate of drug-likeness (QED) is 0.410. The Bertz CT molecular complexity index is 960. The molecule has 0 aliphatic heterocycles. The van der Waals surface area contributed by atoms with E-state index in [-0.39, 0.29) is 18.3 Å². The van der Waals surface area contributed by atoms with Crippen molar-refractivity contribution in [2.75, 3.05) is 11.9 Å². The maximum absolute atomic E-state index is 12.4. The van der Waals surface area contributed by atoms with Crippen LogP contribution in [0.5, 0.6) is 5.75 Å². The molecule has 6 nitrogen and oxygen atoms in total. The molecule has 0 saturated heterocycles. The van der Waals surface area contributed by atoms with Gasteiger partial charge >= 0.3 is 5.97 Å². The third-order valence-corrected chi connectivity index (χ3v) is 4.21. The summed E-state index contributed by atoms with van der Waals surface area (Å²) in [5.41, 5.74) is 1.84. The lowest BCUT2D eigenvalue weighted by Gasteiger charge is -2.10. The third kappa shape index (κ3) is 6.66. The summed E-state index contributed by atoms with van der Waals surface area (Å²) in [6.45, 7) is 5.10. The number of carbonyl (C=O) groups excluding carboxylic acids is 2. The highest BCUT2D eigenvalue weighted by molar-refractivity contribution is 6.31. The van der Waals surface area contributed by atoms with E-state index in [2.05, 4.69) is 5.32 Å². The van der Waals surface area contributed by atoms with Crippen molar-refractivity contribution in [2.24, 2.45) is 0 Å². The molecule has 0 aliphatic carbocycles. The van der Waals surface area contributed by atoms with Crippen LogP contribution >= 0.6 is 11.6 Å². The number of nitrogens with zero attached hydrogens (tertiary/aromatic N) is 1. The molecule has 0 atom stereocenters. The predicted molar refractivity (Wildman–Crippen MR) is 112 cm³/mol. The van der Waals surface area contributed by atoms with E-state index < -0.39 is 11.9 Å². The Morgan fingerprint density at radius 3 is 2.52 bits per heavy atom. The average Bonchev–Trinajstić information content (AvgIpc) is 2.68. The first-order valence-electron chi connectivity index (χ1n) is 8.90. The van der Waals surface area contributed by atoms with E-state index >= 15 is 0 Å². The molecule has 29 heavy (non-hydrogen) atoms. The van der Waals surface area contributed by atoms with Crippen LogP contribution in [0, 0.1) is 18.3 Å². The van der Waals surface area contributed by atoms with Crippen LogP contribution < -0.4 is 10.1 Å². The molecule has 0 unspecified atom stereocenters. The number of nitrogens with one attached hydrogen (secondary N) is 1. The number of ether oxygens (including phenoxy) is 2. The first-order chi connectivity index (χ1) is 13.8. The smallest absolute Gasteiger partial charge is 0.344 e. The Morgan fingerprint density at radius 1 is 1.21 bits per heavy atom. The van der Waals surface area contributed by atoms with E-state index in [0.29, 0.717) is 22.0 Å². The zero-order chi connectivity index (χ0) is 21.4. The van der Waals surface area contributed by atoms with Crippen LogP contribution in [0.1, 0.15) is 25.0 Å². The lowest BCUT2D eigenvalue weighted by molar-refractivity contribution is -0.149. The van der Waals surface area contributed by atoms with E-state index in [1.807, 2.05) is 6.07 Å². The number of hydrogen-bond acceptors (Lipinski definition) is 5. The highest BCUT2D eigenvalue weighted by Crippen LogP contribution is 2.23. The Balaban J connectivity index is 2.05. The van der Waals surface area contributed by atoms with Gasteiger partial charge in [-0.25, -0.2) is 4.79 Å². The number of anilines is 1. The van der Waals surface area contributed by atoms with Gasteiger partial charge in [0.25, 0.3) is 5.91 Å². The highest BCUT2D eigenvalue weighted by Gasteiger charge is 2.12. The van der Waals surface area contributed by atoms with Crippen LogP contribution in [-0.2, 0) is 14.3 Å². The van der Waals surface area contributed by atoms with Crippen LogP contribution in [0.4, 0.5) is 5.69 Å². The van der Waals surface area contributed by atoms with Gasteiger partial charge in [-0.3, -0.25) is 4.79 Å². The SMILES string of the molecule is Cc1c(Cl)cccc1NC(=O)/C(C#N)=C\c1ccc(OCC(=O)OC(C)C)cc1. The number of rotatable bonds is 7. The van der Waals surface area contributed by atoms with E-state index in [0.717, 1.165) is 5.56 Å². The van der Waals surface area contributed by atoms with Crippen molar-refractivity contribution >= 4 is 35.2 Å². The molecule has 0 aromatic heterocycles. The standard InChI is InChI=1S/C22H21ClN2O4/c1-14(2)29-21(26)13-28-18-9-7-16(8-10-18)11-17(12-24)22(27)25-20-6-4-5-19(23)15(20)3/h4-11,14H,13H2,1-3H3,(H,25,27)/b17-11-. The summed E-state index contributed by atoms with van der Waals surface area (Å²) in [4.78, 5) is 23.9. The van der Waals surface area contributed by atoms with Gasteiger partial charge in [0.2, 0.25) is 0 Å². The number of halogens is 1. The topological polar surface area (TPSA) is 88.4 Å². The number of carbonyl (C=O) groups is 2. The van der Waals surface area contributed by atoms with Crippen molar-refractivity contribution in [3.05, 3.63) is 64.2 Å². The van der Waals surface area contributed by atoms with Crippen LogP contribution in [0.2, 0.25) is 5.02 Å². The molecule has 7 heteroatoms. The molecule has 0 spiro atoms. The Hall–Kier alpha value is -3.30. The minimum Gasteiger partial charge on any atom is -0.482 e. The number of nitriles is 1. The van der Waals surface area contributed by atoms with E-state index in [1.165, 1.54) is 6.08 Å². The Kier molecular flexibility index (Phi) is 7.81. The van der Waals surface area contributed by atoms with Gasteiger partial charge in [0.05, 0.1) is 6.10 Å². The number of hydrogen-bond donors (Lipinski definition) is 1. The number of benzene rings is 2. The molecular weight excluding hydrogens is 392 g/mol. The fourth-order valence-corrected chi connectivity index (χ4v) is 2.52. The van der Waals surface area contributed by atoms with Crippen molar-refractivity contribution in [3.8, 4) is 11.8 Å². The molecule has 1 N–H and O–H groups in total. The summed E-state index contributed by atoms with van der Waals surface area (Å²) >= 11 is 6.05. The molecular formula is C22H21ClN2O4. The third-order valence-electron chi connectivity index (χ3n) is 3.80. The molecule has 0 saturated carbocycles. The van der Waals surface area contributed by atoms with Crippen molar-refractivity contribution in [1.82, 2.24) is 0 Å². The fraction of sp³-hybridized carbons (Fsp3) is 0.227. The number of esters is 1. The molecule has 0 bridgehead atoms. The molecule has 150 valence electrons. The molecule has 0 aliphatic rings. The molecule has 0 radical (unpaired) electrons. The van der Waals surface area contributed by atoms with E-state index in [9.17, 15) is 14.9 Å². The van der Waals surface area contributed by atoms with Crippen molar-refractivity contribution in [2.45, 2.75) is 26.9 Å². The lowest BCUT2D eigenvalue weighted by Crippen LogP contribution is -2.18. The van der Waals surface area contributed by atoms with Gasteiger partial charge in [0.1, 0.15) is 17.4 Å². The summed E-state index contributed by atoms with van der Waals surface area (Å²) in [5, 5.41) is 12.6. The van der Waals surface area contributed by atoms with Gasteiger partial charge in [0.15, 0.2) is 6.61 Å². The molecule has 2 aromatic rings. The average molecular weight is 413 g/mol. The fourth-order valence-electron chi connectivity index (χ4n) is 2.35. The Labute approximate surface area is 174 Å². The van der Waals surface area contributed by atoms with Crippen molar-refractivity contribution in [3.63, 3.8) is 0 Å². The second kappa shape index (κ2) is 10.3. The molecule has 2 rings (SSSR count). The van der Waals surface area contributed by atoms with Crippen LogP contribution in [-0.4, -0.2) is 24.6 Å². The molecule has 1 amide bonds. The first-order valence-corrected chi connectivity index (χ1v) is 9.28. The largest absolute Gasteiger partial charge is 0.482 e. The van der Waals surface area contributed by atoms with Crippen LogP contribution in [0.25, 0.3) is 6.08 Å². The van der Waals surface area contributed by atoms with Crippen LogP contribution in [0.3, 0.4) is 0 Å². The van der Waals surface area contributed by atoms with Gasteiger partial charge in [-0.2, -0.15) is 5.26 Å². The number of amides is 1. The zero-order valence-electron chi connectivity index (χ0n) is 16.4. The summed E-state index contributed by atoms with van der Waals surface area (Å²) in [7, 11) is 0. The normalized spacial score (nSPS) is 11.0. The highest BCUT2D eigenvalue weighted by atomic mass is 35.5. The summed E-state index contributed by atoms with van der Waals surface area (Å²) in [5.74, 6) is -0.515. The van der Waals surface area contributed by atoms with Gasteiger partial charge in [-0.15, -0.1) is 0 Å². The van der Waals surface area contributed by atoms with Gasteiger partial charge in [-0.05, 0) is 62.2 Å². The molecule has 0 fully saturated rings. The summed E-state index contributed by atoms with van der Waals surface area (Å²) < 4.78 is 10.3. The summed E-state index contributed by atoms with van der Waals surface area (Å²) in [6.07, 6.45) is 1.26. The molecule has 0 heterocycles. The summed E-state index contributed by atoms with van der Waals surface area (Å²) in [6, 6.07) is 13.7. The van der Waals surface area contributed by atoms with Crippen LogP contribution in [0.15, 0.2) is 48.0 Å². The van der Waals surface area contributed by atoms with E-state index in [1.54, 1.807) is 63.2 Å². The minimum absolute atomic E-state index is 0.0569. The predicted octanol–water partition coefficient (Wildman–Crippen LogP) is 4.52. The maximum Gasteiger partial charge on any atom is 0.344 e. The van der Waals surface area contributed by atoms with Gasteiger partial charge < -0.3 is 14.8 Å². The second-order valence-corrected chi connectivity index (χ2v) is 6.84. The van der Waals surface area contributed by atoms with E-state index in [4.69, 9.17) is 21.1 Å². The monoisotopic (exact) mass is 412 g/mol. The molecule has 2 aromatic carbocycles. The first kappa shape index (κ1) is 22.0. The zero-order valence-corrected chi connectivity index (χ0v) is 17.1. The Morgan fingerprint density at radius 2 is 1.90 bits per heavy atom. The van der Waals surface area contributed by atoms with Gasteiger partial charge in [-0.1, -0.05) is 29.8 Å².